The van der Waals surface area contributed by atoms with Gasteiger partial charge in [-0.1, -0.05) is 34.6 Å². The number of esters is 1. The molecule has 0 radical (unpaired) electrons. The maximum absolute atomic E-state index is 12.9. The zero-order valence-corrected chi connectivity index (χ0v) is 18.1. The molecule has 0 heterocycles. The molecule has 0 aromatic carbocycles. The molecule has 0 saturated heterocycles. The van der Waals surface area contributed by atoms with Gasteiger partial charge in [-0.15, -0.1) is 0 Å². The fourth-order valence-corrected chi connectivity index (χ4v) is 2.80. The van der Waals surface area contributed by atoms with Gasteiger partial charge >= 0.3 is 13.6 Å². The second-order valence-corrected chi connectivity index (χ2v) is 11.0. The van der Waals surface area contributed by atoms with Crippen molar-refractivity contribution in [2.75, 3.05) is 6.61 Å². The molecule has 0 spiro atoms. The molecule has 0 saturated carbocycles. The first kappa shape index (κ1) is 24.6. The average Bonchev–Trinajstić information content (AvgIpc) is 2.34. The maximum atomic E-state index is 12.9. The number of hydrogen-bond donors (Lipinski definition) is 2. The highest BCUT2D eigenvalue weighted by Crippen LogP contribution is 2.45. The summed E-state index contributed by atoms with van der Waals surface area (Å²) in [5, 5.41) is 0. The van der Waals surface area contributed by atoms with Gasteiger partial charge in [-0.3, -0.25) is 9.36 Å². The first-order chi connectivity index (χ1) is 10.9. The molecular formula is C18H37O6P. The first-order valence-electron chi connectivity index (χ1n) is 8.82. The summed E-state index contributed by atoms with van der Waals surface area (Å²) in [6.45, 7) is 17.2. The molecule has 7 heteroatoms. The molecule has 0 rings (SSSR count). The van der Waals surface area contributed by atoms with Crippen LogP contribution in [0.15, 0.2) is 0 Å². The van der Waals surface area contributed by atoms with Crippen LogP contribution >= 0.6 is 7.60 Å². The molecule has 0 aliphatic carbocycles. The van der Waals surface area contributed by atoms with E-state index in [0.29, 0.717) is 12.3 Å². The minimum absolute atomic E-state index is 0.100. The fourth-order valence-electron chi connectivity index (χ4n) is 2.50. The van der Waals surface area contributed by atoms with Crippen molar-refractivity contribution in [3.63, 3.8) is 0 Å². The van der Waals surface area contributed by atoms with Crippen molar-refractivity contribution < 1.29 is 28.6 Å². The molecule has 0 aliphatic rings. The van der Waals surface area contributed by atoms with E-state index in [9.17, 15) is 9.36 Å². The van der Waals surface area contributed by atoms with Gasteiger partial charge in [0.05, 0.1) is 12.0 Å². The summed E-state index contributed by atoms with van der Waals surface area (Å²) >= 11 is 0. The zero-order valence-electron chi connectivity index (χ0n) is 17.3. The third-order valence-corrected chi connectivity index (χ3v) is 5.92. The van der Waals surface area contributed by atoms with E-state index in [1.54, 1.807) is 13.8 Å². The Bertz CT molecular complexity index is 488. The number of carbonyl (C=O) groups excluding carboxylic acids is 1. The predicted molar refractivity (Wildman–Crippen MR) is 99.3 cm³/mol. The van der Waals surface area contributed by atoms with Gasteiger partial charge in [0, 0.05) is 6.42 Å². The highest BCUT2D eigenvalue weighted by atomic mass is 31.2. The number of ether oxygens (including phenoxy) is 2. The Labute approximate surface area is 152 Å². The van der Waals surface area contributed by atoms with Crippen LogP contribution in [0, 0.1) is 16.7 Å². The van der Waals surface area contributed by atoms with Crippen molar-refractivity contribution in [1.29, 1.82) is 0 Å². The summed E-state index contributed by atoms with van der Waals surface area (Å²) in [7, 11) is -4.26. The second kappa shape index (κ2) is 8.51. The van der Waals surface area contributed by atoms with E-state index in [2.05, 4.69) is 13.8 Å². The van der Waals surface area contributed by atoms with E-state index in [1.807, 2.05) is 27.7 Å². The molecule has 2 N–H and O–H groups in total. The fraction of sp³-hybridized carbons (Fsp3) is 0.944. The van der Waals surface area contributed by atoms with Crippen molar-refractivity contribution in [2.24, 2.45) is 16.7 Å². The number of hydrogen-bond acceptors (Lipinski definition) is 4. The van der Waals surface area contributed by atoms with Crippen LogP contribution in [0.4, 0.5) is 0 Å². The van der Waals surface area contributed by atoms with E-state index in [1.165, 1.54) is 6.92 Å². The lowest BCUT2D eigenvalue weighted by atomic mass is 9.64. The lowest BCUT2D eigenvalue weighted by Crippen LogP contribution is -2.46. The summed E-state index contributed by atoms with van der Waals surface area (Å²) < 4.78 is 22.1. The van der Waals surface area contributed by atoms with Crippen LogP contribution in [0.3, 0.4) is 0 Å². The maximum Gasteiger partial charge on any atom is 0.353 e. The highest BCUT2D eigenvalue weighted by Gasteiger charge is 2.47. The minimum Gasteiger partial charge on any atom is -0.459 e. The Morgan fingerprint density at radius 3 is 1.88 bits per heavy atom. The van der Waals surface area contributed by atoms with Crippen LogP contribution in [0.1, 0.15) is 75.2 Å². The van der Waals surface area contributed by atoms with Crippen LogP contribution < -0.4 is 0 Å². The van der Waals surface area contributed by atoms with Crippen LogP contribution in [-0.2, 0) is 18.8 Å². The summed E-state index contributed by atoms with van der Waals surface area (Å²) in [6, 6.07) is 0. The van der Waals surface area contributed by atoms with E-state index < -0.39 is 24.5 Å². The standard InChI is InChI=1S/C18H37O6P/c1-13(2)12-18(9,16(4,5)6)15(19)24-17(7,8)10-11-23-14(3)25(20,21)22/h13-14H,10-12H2,1-9H3,(H2,20,21,22). The zero-order chi connectivity index (χ0) is 20.3. The number of rotatable bonds is 9. The molecule has 0 amide bonds. The Balaban J connectivity index is 4.96. The summed E-state index contributed by atoms with van der Waals surface area (Å²) in [4.78, 5) is 31.0. The van der Waals surface area contributed by atoms with Crippen LogP contribution in [-0.4, -0.2) is 33.8 Å². The monoisotopic (exact) mass is 380 g/mol. The van der Waals surface area contributed by atoms with Gasteiger partial charge in [-0.05, 0) is 45.4 Å². The molecule has 0 aromatic rings. The van der Waals surface area contributed by atoms with E-state index >= 15 is 0 Å². The molecule has 0 bridgehead atoms. The van der Waals surface area contributed by atoms with Gasteiger partial charge in [0.2, 0.25) is 0 Å². The summed E-state index contributed by atoms with van der Waals surface area (Å²) in [5.74, 6) is -1.06. The lowest BCUT2D eigenvalue weighted by Gasteiger charge is -2.42. The van der Waals surface area contributed by atoms with E-state index in [4.69, 9.17) is 19.3 Å². The third-order valence-electron chi connectivity index (χ3n) is 4.83. The molecular weight excluding hydrogens is 343 g/mol. The van der Waals surface area contributed by atoms with Gasteiger partial charge < -0.3 is 19.3 Å². The Kier molecular flexibility index (Phi) is 8.37. The topological polar surface area (TPSA) is 93.1 Å². The average molecular weight is 380 g/mol. The number of carbonyl (C=O) groups is 1. The van der Waals surface area contributed by atoms with Gasteiger partial charge in [0.1, 0.15) is 5.60 Å². The van der Waals surface area contributed by atoms with E-state index in [0.717, 1.165) is 6.42 Å². The van der Waals surface area contributed by atoms with Crippen LogP contribution in [0.2, 0.25) is 0 Å². The highest BCUT2D eigenvalue weighted by molar-refractivity contribution is 7.52. The lowest BCUT2D eigenvalue weighted by molar-refractivity contribution is -0.178. The van der Waals surface area contributed by atoms with Crippen molar-refractivity contribution in [3.05, 3.63) is 0 Å². The van der Waals surface area contributed by atoms with Crippen molar-refractivity contribution in [1.82, 2.24) is 0 Å². The molecule has 2 atom stereocenters. The molecule has 0 fully saturated rings. The Morgan fingerprint density at radius 2 is 1.52 bits per heavy atom. The van der Waals surface area contributed by atoms with Gasteiger partial charge in [0.25, 0.3) is 0 Å². The van der Waals surface area contributed by atoms with Crippen LogP contribution in [0.5, 0.6) is 0 Å². The first-order valence-corrected chi connectivity index (χ1v) is 10.5. The molecule has 2 unspecified atom stereocenters. The van der Waals surface area contributed by atoms with Crippen molar-refractivity contribution >= 4 is 13.6 Å². The van der Waals surface area contributed by atoms with E-state index in [-0.39, 0.29) is 18.0 Å². The minimum atomic E-state index is -4.26. The van der Waals surface area contributed by atoms with Crippen molar-refractivity contribution in [2.45, 2.75) is 86.6 Å². The Morgan fingerprint density at radius 1 is 1.04 bits per heavy atom. The molecule has 0 aliphatic heterocycles. The molecule has 150 valence electrons. The Hall–Kier alpha value is -0.420. The quantitative estimate of drug-likeness (QED) is 0.457. The predicted octanol–water partition coefficient (Wildman–Crippen LogP) is 4.34. The van der Waals surface area contributed by atoms with Crippen molar-refractivity contribution in [3.8, 4) is 0 Å². The van der Waals surface area contributed by atoms with Crippen LogP contribution in [0.25, 0.3) is 0 Å². The van der Waals surface area contributed by atoms with Gasteiger partial charge in [0.15, 0.2) is 5.85 Å². The normalized spacial score (nSPS) is 17.3. The molecule has 25 heavy (non-hydrogen) atoms. The smallest absolute Gasteiger partial charge is 0.353 e. The summed E-state index contributed by atoms with van der Waals surface area (Å²) in [6.07, 6.45) is 1.07. The van der Waals surface area contributed by atoms with Gasteiger partial charge in [-0.2, -0.15) is 0 Å². The SMILES string of the molecule is CC(C)CC(C)(C(=O)OC(C)(C)CCOC(C)P(=O)(O)O)C(C)(C)C. The largest absolute Gasteiger partial charge is 0.459 e. The van der Waals surface area contributed by atoms with Gasteiger partial charge in [-0.25, -0.2) is 0 Å². The molecule has 6 nitrogen and oxygen atoms in total. The third kappa shape index (κ3) is 7.78. The molecule has 0 aromatic heterocycles. The second-order valence-electron chi connectivity index (χ2n) is 9.14. The summed E-state index contributed by atoms with van der Waals surface area (Å²) in [5.41, 5.74) is -1.66.